The van der Waals surface area contributed by atoms with E-state index in [1.54, 1.807) is 6.07 Å². The van der Waals surface area contributed by atoms with Gasteiger partial charge in [0, 0.05) is 24.4 Å². The van der Waals surface area contributed by atoms with Crippen molar-refractivity contribution < 1.29 is 9.18 Å². The predicted octanol–water partition coefficient (Wildman–Crippen LogP) is 2.84. The van der Waals surface area contributed by atoms with E-state index in [1.807, 2.05) is 11.6 Å². The molecule has 0 radical (unpaired) electrons. The van der Waals surface area contributed by atoms with Crippen LogP contribution in [0.4, 0.5) is 4.39 Å². The lowest BCUT2D eigenvalue weighted by atomic mass is 9.94. The molecule has 0 fully saturated rings. The topological polar surface area (TPSA) is 22.0 Å². The number of rotatable bonds is 0. The van der Waals surface area contributed by atoms with Crippen molar-refractivity contribution in [1.29, 1.82) is 0 Å². The summed E-state index contributed by atoms with van der Waals surface area (Å²) in [5.74, 6) is -0.0562. The van der Waals surface area contributed by atoms with E-state index in [-0.39, 0.29) is 11.6 Å². The fraction of sp³-hybridized carbons (Fsp3) is 0.308. The summed E-state index contributed by atoms with van der Waals surface area (Å²) in [4.78, 5) is 11.8. The summed E-state index contributed by atoms with van der Waals surface area (Å²) in [7, 11) is 1.88. The van der Waals surface area contributed by atoms with Crippen LogP contribution >= 0.6 is 0 Å². The number of aryl methyl sites for hydroxylation is 2. The summed E-state index contributed by atoms with van der Waals surface area (Å²) < 4.78 is 15.1. The molecule has 1 aromatic carbocycles. The van der Waals surface area contributed by atoms with Crippen LogP contribution in [0.5, 0.6) is 0 Å². The highest BCUT2D eigenvalue weighted by Gasteiger charge is 2.24. The van der Waals surface area contributed by atoms with Crippen LogP contribution < -0.4 is 0 Å². The normalized spacial score (nSPS) is 15.5. The number of halogens is 1. The van der Waals surface area contributed by atoms with Crippen molar-refractivity contribution in [2.75, 3.05) is 0 Å². The maximum Gasteiger partial charge on any atom is 0.179 e. The van der Waals surface area contributed by atoms with Gasteiger partial charge in [0.2, 0.25) is 0 Å². The zero-order valence-corrected chi connectivity index (χ0v) is 9.09. The van der Waals surface area contributed by atoms with Crippen LogP contribution in [0.3, 0.4) is 0 Å². The van der Waals surface area contributed by atoms with E-state index >= 15 is 0 Å². The second kappa shape index (κ2) is 3.17. The van der Waals surface area contributed by atoms with Gasteiger partial charge >= 0.3 is 0 Å². The average Bonchev–Trinajstić information content (AvgIpc) is 2.54. The molecule has 82 valence electrons. The zero-order valence-electron chi connectivity index (χ0n) is 9.09. The first kappa shape index (κ1) is 9.58. The Bertz CT molecular complexity index is 597. The van der Waals surface area contributed by atoms with Gasteiger partial charge in [-0.1, -0.05) is 0 Å². The first-order valence-corrected chi connectivity index (χ1v) is 5.48. The lowest BCUT2D eigenvalue weighted by molar-refractivity contribution is 0.0965. The molecule has 1 aliphatic rings. The molecule has 0 spiro atoms. The van der Waals surface area contributed by atoms with Crippen LogP contribution in [0.2, 0.25) is 0 Å². The molecule has 2 nitrogen and oxygen atoms in total. The highest BCUT2D eigenvalue weighted by atomic mass is 19.1. The number of aromatic nitrogens is 1. The summed E-state index contributed by atoms with van der Waals surface area (Å²) >= 11 is 0. The number of carbonyl (C=O) groups is 1. The van der Waals surface area contributed by atoms with Crippen LogP contribution in [0.15, 0.2) is 18.2 Å². The van der Waals surface area contributed by atoms with E-state index < -0.39 is 0 Å². The zero-order chi connectivity index (χ0) is 11.3. The second-order valence-electron chi connectivity index (χ2n) is 4.32. The Labute approximate surface area is 92.7 Å². The lowest BCUT2D eigenvalue weighted by Gasteiger charge is -2.11. The molecule has 1 heterocycles. The summed E-state index contributed by atoms with van der Waals surface area (Å²) in [6.45, 7) is 0. The third kappa shape index (κ3) is 1.14. The van der Waals surface area contributed by atoms with Gasteiger partial charge in [-0.2, -0.15) is 0 Å². The third-order valence-corrected chi connectivity index (χ3v) is 3.36. The van der Waals surface area contributed by atoms with Gasteiger partial charge < -0.3 is 4.57 Å². The average molecular weight is 217 g/mol. The van der Waals surface area contributed by atoms with Crippen LogP contribution in [-0.2, 0) is 13.5 Å². The minimum Gasteiger partial charge on any atom is -0.341 e. The number of hydrogen-bond donors (Lipinski definition) is 0. The molecular formula is C13H12FNO. The van der Waals surface area contributed by atoms with E-state index in [4.69, 9.17) is 0 Å². The molecule has 0 bridgehead atoms. The molecule has 0 unspecified atom stereocenters. The largest absolute Gasteiger partial charge is 0.341 e. The Hall–Kier alpha value is -1.64. The maximum atomic E-state index is 13.2. The van der Waals surface area contributed by atoms with E-state index in [0.717, 1.165) is 35.0 Å². The highest BCUT2D eigenvalue weighted by molar-refractivity contribution is 6.03. The molecule has 3 heteroatoms. The number of benzene rings is 1. The molecule has 0 amide bonds. The summed E-state index contributed by atoms with van der Waals surface area (Å²) in [6.07, 6.45) is 2.36. The molecule has 0 atom stereocenters. The van der Waals surface area contributed by atoms with Gasteiger partial charge in [-0.15, -0.1) is 0 Å². The van der Waals surface area contributed by atoms with Gasteiger partial charge in [-0.3, -0.25) is 4.79 Å². The van der Waals surface area contributed by atoms with Gasteiger partial charge in [-0.25, -0.2) is 4.39 Å². The number of nitrogens with zero attached hydrogens (tertiary/aromatic N) is 1. The molecule has 0 N–H and O–H groups in total. The number of hydrogen-bond acceptors (Lipinski definition) is 1. The molecule has 2 aromatic rings. The highest BCUT2D eigenvalue weighted by Crippen LogP contribution is 2.31. The van der Waals surface area contributed by atoms with Gasteiger partial charge in [0.05, 0.1) is 5.69 Å². The lowest BCUT2D eigenvalue weighted by Crippen LogP contribution is -2.13. The first-order valence-electron chi connectivity index (χ1n) is 5.48. The quantitative estimate of drug-likeness (QED) is 0.665. The Kier molecular flexibility index (Phi) is 1.90. The number of ketones is 1. The Balaban J connectivity index is 2.44. The standard InChI is InChI=1S/C13H12FNO/c1-15-11-6-5-8(14)7-10(11)9-3-2-4-12(16)13(9)15/h5-7H,2-4H2,1H3. The molecule has 0 saturated carbocycles. The number of carbonyl (C=O) groups excluding carboxylic acids is 1. The minimum absolute atomic E-state index is 0.181. The second-order valence-corrected chi connectivity index (χ2v) is 4.32. The Morgan fingerprint density at radius 3 is 2.94 bits per heavy atom. The van der Waals surface area contributed by atoms with E-state index in [0.29, 0.717) is 6.42 Å². The van der Waals surface area contributed by atoms with Gasteiger partial charge in [0.15, 0.2) is 5.78 Å². The monoisotopic (exact) mass is 217 g/mol. The van der Waals surface area contributed by atoms with Crippen molar-refractivity contribution in [3.8, 4) is 0 Å². The van der Waals surface area contributed by atoms with Crippen LogP contribution in [0.25, 0.3) is 10.9 Å². The van der Waals surface area contributed by atoms with E-state index in [9.17, 15) is 9.18 Å². The van der Waals surface area contributed by atoms with E-state index in [2.05, 4.69) is 0 Å². The minimum atomic E-state index is -0.237. The molecule has 3 rings (SSSR count). The van der Waals surface area contributed by atoms with Crippen molar-refractivity contribution in [3.05, 3.63) is 35.3 Å². The Morgan fingerprint density at radius 2 is 2.12 bits per heavy atom. The predicted molar refractivity (Wildman–Crippen MR) is 60.1 cm³/mol. The fourth-order valence-electron chi connectivity index (χ4n) is 2.65. The summed E-state index contributed by atoms with van der Waals surface area (Å²) in [5.41, 5.74) is 2.74. The van der Waals surface area contributed by atoms with Crippen LogP contribution in [-0.4, -0.2) is 10.4 Å². The van der Waals surface area contributed by atoms with Crippen molar-refractivity contribution in [3.63, 3.8) is 0 Å². The van der Waals surface area contributed by atoms with Gasteiger partial charge in [0.25, 0.3) is 0 Å². The van der Waals surface area contributed by atoms with Crippen molar-refractivity contribution in [1.82, 2.24) is 4.57 Å². The molecule has 0 aliphatic heterocycles. The maximum absolute atomic E-state index is 13.2. The fourth-order valence-corrected chi connectivity index (χ4v) is 2.65. The number of fused-ring (bicyclic) bond motifs is 3. The van der Waals surface area contributed by atoms with Crippen molar-refractivity contribution >= 4 is 16.7 Å². The summed E-state index contributed by atoms with van der Waals surface area (Å²) in [6, 6.07) is 4.72. The van der Waals surface area contributed by atoms with Gasteiger partial charge in [-0.05, 0) is 36.6 Å². The molecule has 1 aliphatic carbocycles. The van der Waals surface area contributed by atoms with Crippen LogP contribution in [0.1, 0.15) is 28.9 Å². The van der Waals surface area contributed by atoms with E-state index in [1.165, 1.54) is 12.1 Å². The van der Waals surface area contributed by atoms with Gasteiger partial charge in [0.1, 0.15) is 5.82 Å². The van der Waals surface area contributed by atoms with Crippen molar-refractivity contribution in [2.24, 2.45) is 7.05 Å². The third-order valence-electron chi connectivity index (χ3n) is 3.36. The Morgan fingerprint density at radius 1 is 1.31 bits per heavy atom. The molecule has 16 heavy (non-hydrogen) atoms. The first-order chi connectivity index (χ1) is 7.68. The van der Waals surface area contributed by atoms with Crippen LogP contribution in [0, 0.1) is 5.82 Å². The number of Topliss-reactive ketones (excluding diaryl/α,β-unsaturated/α-hetero) is 1. The SMILES string of the molecule is Cn1c2c(c3cc(F)ccc31)CCCC2=O. The molecule has 1 aromatic heterocycles. The molecular weight excluding hydrogens is 205 g/mol. The smallest absolute Gasteiger partial charge is 0.179 e. The summed E-state index contributed by atoms with van der Waals surface area (Å²) in [5, 5.41) is 0.894. The molecule has 0 saturated heterocycles. The van der Waals surface area contributed by atoms with Crippen molar-refractivity contribution in [2.45, 2.75) is 19.3 Å².